The van der Waals surface area contributed by atoms with Crippen LogP contribution in [0.5, 0.6) is 0 Å². The van der Waals surface area contributed by atoms with Gasteiger partial charge in [0.05, 0.1) is 0 Å². The maximum atomic E-state index is 7.43. The van der Waals surface area contributed by atoms with Crippen molar-refractivity contribution in [2.75, 3.05) is 0 Å². The molecule has 0 aromatic heterocycles. The quantitative estimate of drug-likeness (QED) is 0.0393. The molecule has 0 radical (unpaired) electrons. The normalized spacial score (nSPS) is 15.9. The fraction of sp³-hybridized carbons (Fsp3) is 0.586. The molecule has 4 aromatic carbocycles. The zero-order chi connectivity index (χ0) is 67.9. The Morgan fingerprint density at radius 3 is 0.539 bits per heavy atom. The van der Waals surface area contributed by atoms with Crippen LogP contribution in [0.1, 0.15) is 11.1 Å². The lowest BCUT2D eigenvalue weighted by Crippen LogP contribution is -2.68. The Bertz CT molecular complexity index is 2820. The Kier molecular flexibility index (Phi) is 28.0. The molecule has 4 rings (SSSR count). The zero-order valence-electron chi connectivity index (χ0n) is 60.5. The number of aryl methyl sites for hydroxylation is 2. The van der Waals surface area contributed by atoms with Gasteiger partial charge in [-0.2, -0.15) is 0 Å². The Hall–Kier alpha value is -0.250. The predicted molar refractivity (Wildman–Crippen MR) is 406 cm³/mol. The largest absolute Gasteiger partial charge is 0.436 e. The molecule has 0 saturated carbocycles. The maximum absolute atomic E-state index is 7.43. The van der Waals surface area contributed by atoms with Crippen molar-refractivity contribution in [2.45, 2.75) is 221 Å². The van der Waals surface area contributed by atoms with E-state index in [2.05, 4.69) is 281 Å². The molecule has 0 aliphatic heterocycles. The summed E-state index contributed by atoms with van der Waals surface area (Å²) in [6, 6.07) is 43.9. The van der Waals surface area contributed by atoms with E-state index in [1.807, 2.05) is 36.4 Å². The maximum Gasteiger partial charge on any atom is 0.351 e. The van der Waals surface area contributed by atoms with Crippen molar-refractivity contribution in [1.82, 2.24) is 0 Å². The lowest BCUT2D eigenvalue weighted by Gasteiger charge is -2.46. The summed E-state index contributed by atoms with van der Waals surface area (Å²) in [5.74, 6) is 0. The molecule has 15 nitrogen and oxygen atoms in total. The third-order valence-corrected chi connectivity index (χ3v) is 77.1. The van der Waals surface area contributed by atoms with E-state index in [-0.39, 0.29) is 0 Å². The second-order valence-electron chi connectivity index (χ2n) is 30.4. The van der Waals surface area contributed by atoms with Crippen molar-refractivity contribution in [1.29, 1.82) is 0 Å². The van der Waals surface area contributed by atoms with Crippen LogP contribution in [0, 0.1) is 0 Å². The average molecular weight is 1500 g/mol. The zero-order valence-corrected chi connectivity index (χ0v) is 76.5. The van der Waals surface area contributed by atoms with Gasteiger partial charge in [-0.15, -0.1) is 0 Å². The van der Waals surface area contributed by atoms with Crippen LogP contribution < -0.4 is 10.4 Å². The van der Waals surface area contributed by atoms with Gasteiger partial charge in [-0.3, -0.25) is 0 Å². The highest BCUT2D eigenvalue weighted by molar-refractivity contribution is 6.99. The smallest absolute Gasteiger partial charge is 0.351 e. The van der Waals surface area contributed by atoms with E-state index < -0.39 is 136 Å². The SMILES string of the molecule is C[Si](C)(CCc1ccccc1)O[Si](C)(C)O[Si](C)(C)O[Si](C)(C)O[Si](C)(C)O[Si](C)(C)O[Si](C)(C)O[Si](C)(C)O[Si](C)(C)O[Si](C)(O[Si](C)(C)O[Si](C)(C)O[Si](C)(O[Si](C)(C)O[Si](C)(C)O[Si](C)(C)CCc1ccccc1)c1ccccc1)c1ccccc1. The van der Waals surface area contributed by atoms with Crippen LogP contribution in [-0.4, -0.2) is 136 Å². The second kappa shape index (κ2) is 30.7. The molecule has 31 heteroatoms. The van der Waals surface area contributed by atoms with Crippen LogP contribution in [0.15, 0.2) is 121 Å². The van der Waals surface area contributed by atoms with Gasteiger partial charge in [0, 0.05) is 0 Å². The van der Waals surface area contributed by atoms with E-state index in [0.717, 1.165) is 35.3 Å². The van der Waals surface area contributed by atoms with Gasteiger partial charge in [0.2, 0.25) is 0 Å². The summed E-state index contributed by atoms with van der Waals surface area (Å²) in [5.41, 5.74) is 2.66. The minimum atomic E-state index is -3.31. The van der Waals surface area contributed by atoms with Gasteiger partial charge in [-0.05, 0) is 243 Å². The van der Waals surface area contributed by atoms with Gasteiger partial charge in [0.25, 0.3) is 0 Å². The van der Waals surface area contributed by atoms with Gasteiger partial charge >= 0.3 is 120 Å². The van der Waals surface area contributed by atoms with Gasteiger partial charge in [0.1, 0.15) is 0 Å². The highest BCUT2D eigenvalue weighted by atomic mass is 28.5. The monoisotopic (exact) mass is 1500 g/mol. The van der Waals surface area contributed by atoms with Crippen molar-refractivity contribution in [3.63, 3.8) is 0 Å². The summed E-state index contributed by atoms with van der Waals surface area (Å²) < 4.78 is 107. The molecule has 2 unspecified atom stereocenters. The Balaban J connectivity index is 1.44. The summed E-state index contributed by atoms with van der Waals surface area (Å²) in [6.45, 7) is 63.8. The van der Waals surface area contributed by atoms with E-state index in [1.54, 1.807) is 0 Å². The van der Waals surface area contributed by atoms with Crippen molar-refractivity contribution in [2.24, 2.45) is 0 Å². The molecular weight excluding hydrogens is 1390 g/mol. The summed E-state index contributed by atoms with van der Waals surface area (Å²) in [5, 5.41) is 1.99. The first-order valence-corrected chi connectivity index (χ1v) is 76.3. The van der Waals surface area contributed by atoms with Gasteiger partial charge in [0.15, 0.2) is 16.6 Å². The fourth-order valence-electron chi connectivity index (χ4n) is 12.8. The molecule has 0 aliphatic carbocycles. The number of hydrogen-bond donors (Lipinski definition) is 0. The van der Waals surface area contributed by atoms with E-state index in [0.29, 0.717) is 0 Å². The number of hydrogen-bond acceptors (Lipinski definition) is 15. The first-order valence-electron chi connectivity index (χ1n) is 31.7. The molecule has 89 heavy (non-hydrogen) atoms. The fourth-order valence-corrected chi connectivity index (χ4v) is 94.8. The van der Waals surface area contributed by atoms with E-state index in [1.165, 1.54) is 11.1 Å². The minimum absolute atomic E-state index is 0.979. The first-order chi connectivity index (χ1) is 40.0. The van der Waals surface area contributed by atoms with E-state index in [9.17, 15) is 0 Å². The van der Waals surface area contributed by atoms with Crippen molar-refractivity contribution in [3.8, 4) is 0 Å². The molecule has 0 heterocycles. The first kappa shape index (κ1) is 81.2. The highest BCUT2D eigenvalue weighted by Crippen LogP contribution is 2.35. The molecule has 2 atom stereocenters. The average Bonchev–Trinajstić information content (AvgIpc) is 0.881. The molecule has 0 N–H and O–H groups in total. The van der Waals surface area contributed by atoms with Crippen LogP contribution in [0.3, 0.4) is 0 Å². The predicted octanol–water partition coefficient (Wildman–Crippen LogP) is 16.5. The Morgan fingerprint density at radius 2 is 0.348 bits per heavy atom. The second-order valence-corrected chi connectivity index (χ2v) is 89.3. The van der Waals surface area contributed by atoms with Gasteiger partial charge in [-0.1, -0.05) is 121 Å². The van der Waals surface area contributed by atoms with E-state index >= 15 is 0 Å². The van der Waals surface area contributed by atoms with Crippen molar-refractivity contribution >= 4 is 147 Å². The Labute approximate surface area is 558 Å². The molecule has 504 valence electrons. The molecule has 4 aromatic rings. The summed E-state index contributed by atoms with van der Waals surface area (Å²) >= 11 is 0. The van der Waals surface area contributed by atoms with E-state index in [4.69, 9.17) is 61.7 Å². The van der Waals surface area contributed by atoms with Crippen LogP contribution in [0.2, 0.25) is 208 Å². The van der Waals surface area contributed by atoms with Gasteiger partial charge in [-0.25, -0.2) is 0 Å². The molecule has 0 amide bonds. The third kappa shape index (κ3) is 30.4. The summed E-state index contributed by atoms with van der Waals surface area (Å²) in [7, 11) is -45.1. The van der Waals surface area contributed by atoms with Crippen LogP contribution >= 0.6 is 0 Å². The number of rotatable bonds is 38. The molecule has 0 aliphatic rings. The molecular formula is C58H118O15Si16. The number of benzene rings is 4. The van der Waals surface area contributed by atoms with Gasteiger partial charge < -0.3 is 61.7 Å². The van der Waals surface area contributed by atoms with Crippen molar-refractivity contribution < 1.29 is 61.7 Å². The molecule has 0 bridgehead atoms. The Morgan fingerprint density at radius 1 is 0.191 bits per heavy atom. The van der Waals surface area contributed by atoms with Crippen LogP contribution in [0.25, 0.3) is 0 Å². The molecule has 0 fully saturated rings. The lowest BCUT2D eigenvalue weighted by molar-refractivity contribution is 0.252. The standard InChI is InChI=1S/C58H118O15Si16/c1-74(2,53-51-55-43-35-31-36-44-55)59-76(5,6)61-78(9,10)63-79(11,12)64-80(13,14)65-81(15,16)66-82(17,18)67-83(19,20)68-85(23,24)71-89(30,58-49-41-34-42-50-58)73-87(27,28)69-86(25,26)72-88(29,57-47-39-33-40-48-57)70-84(21,22)62-77(7,8)60-75(3,4)54-52-56-45-37-32-38-46-56/h31-50H,51-54H2,1-30H3. The lowest BCUT2D eigenvalue weighted by atomic mass is 10.2. The van der Waals surface area contributed by atoms with Crippen molar-refractivity contribution in [3.05, 3.63) is 132 Å². The van der Waals surface area contributed by atoms with Crippen LogP contribution in [0.4, 0.5) is 0 Å². The molecule has 0 saturated heterocycles. The summed E-state index contributed by atoms with van der Waals surface area (Å²) in [4.78, 5) is 0. The molecule has 0 spiro atoms. The highest BCUT2D eigenvalue weighted by Gasteiger charge is 2.55. The van der Waals surface area contributed by atoms with Crippen LogP contribution in [-0.2, 0) is 74.6 Å². The topological polar surface area (TPSA) is 138 Å². The third-order valence-electron chi connectivity index (χ3n) is 13.5. The summed E-state index contributed by atoms with van der Waals surface area (Å²) in [6.07, 6.45) is 1.97. The minimum Gasteiger partial charge on any atom is -0.436 e.